The number of fused-ring (bicyclic) bond motifs is 1. The van der Waals surface area contributed by atoms with Crippen LogP contribution in [0.4, 0.5) is 5.69 Å². The van der Waals surface area contributed by atoms with E-state index in [9.17, 15) is 9.59 Å². The summed E-state index contributed by atoms with van der Waals surface area (Å²) in [7, 11) is 0. The molecule has 0 bridgehead atoms. The number of carbonyl (C=O) groups excluding carboxylic acids is 2. The number of rotatable bonds is 5. The summed E-state index contributed by atoms with van der Waals surface area (Å²) in [6.45, 7) is 6.93. The molecule has 1 aliphatic rings. The highest BCUT2D eigenvalue weighted by molar-refractivity contribution is 8.04. The molecule has 0 aromatic heterocycles. The van der Waals surface area contributed by atoms with Gasteiger partial charge in [-0.1, -0.05) is 55.4 Å². The van der Waals surface area contributed by atoms with Crippen LogP contribution in [0.3, 0.4) is 0 Å². The van der Waals surface area contributed by atoms with Crippen LogP contribution in [0, 0.1) is 12.8 Å². The third-order valence-corrected chi connectivity index (χ3v) is 5.38. The summed E-state index contributed by atoms with van der Waals surface area (Å²) in [4.78, 5) is 26.3. The molecule has 2 aromatic rings. The maximum atomic E-state index is 12.5. The Labute approximate surface area is 164 Å². The second-order valence-electron chi connectivity index (χ2n) is 7.13. The van der Waals surface area contributed by atoms with Crippen LogP contribution in [-0.4, -0.2) is 18.4 Å². The van der Waals surface area contributed by atoms with Crippen molar-refractivity contribution in [3.8, 4) is 0 Å². The molecule has 1 heterocycles. The van der Waals surface area contributed by atoms with E-state index < -0.39 is 0 Å². The smallest absolute Gasteiger partial charge is 0.262 e. The van der Waals surface area contributed by atoms with Crippen LogP contribution in [0.2, 0.25) is 0 Å². The molecule has 0 unspecified atom stereocenters. The van der Waals surface area contributed by atoms with Crippen molar-refractivity contribution >= 4 is 35.3 Å². The zero-order valence-electron chi connectivity index (χ0n) is 15.8. The zero-order valence-corrected chi connectivity index (χ0v) is 16.7. The van der Waals surface area contributed by atoms with Crippen LogP contribution in [-0.2, 0) is 4.79 Å². The van der Waals surface area contributed by atoms with Crippen LogP contribution in [0.15, 0.2) is 52.3 Å². The number of aryl methyl sites for hydroxylation is 1. The lowest BCUT2D eigenvalue weighted by Crippen LogP contribution is -2.26. The van der Waals surface area contributed by atoms with E-state index in [1.54, 1.807) is 12.1 Å². The Morgan fingerprint density at radius 1 is 1.22 bits per heavy atom. The van der Waals surface area contributed by atoms with E-state index in [0.717, 1.165) is 22.4 Å². The minimum Gasteiger partial charge on any atom is -0.352 e. The minimum atomic E-state index is -0.147. The van der Waals surface area contributed by atoms with E-state index in [-0.39, 0.29) is 11.8 Å². The molecule has 140 valence electrons. The Kier molecular flexibility index (Phi) is 6.01. The summed E-state index contributed by atoms with van der Waals surface area (Å²) in [5, 5.41) is 5.83. The van der Waals surface area contributed by atoms with E-state index in [2.05, 4.69) is 24.5 Å². The molecule has 0 aliphatic carbocycles. The van der Waals surface area contributed by atoms with Gasteiger partial charge in [-0.2, -0.15) is 0 Å². The molecule has 3 rings (SSSR count). The van der Waals surface area contributed by atoms with Crippen molar-refractivity contribution in [2.75, 3.05) is 11.9 Å². The molecule has 0 saturated carbocycles. The van der Waals surface area contributed by atoms with E-state index in [1.165, 1.54) is 11.8 Å². The number of benzene rings is 2. The lowest BCUT2D eigenvalue weighted by atomic mass is 10.1. The molecule has 0 saturated heterocycles. The summed E-state index contributed by atoms with van der Waals surface area (Å²) < 4.78 is 0. The summed E-state index contributed by atoms with van der Waals surface area (Å²) in [6.07, 6.45) is 2.83. The summed E-state index contributed by atoms with van der Waals surface area (Å²) in [6, 6.07) is 13.5. The predicted octanol–water partition coefficient (Wildman–Crippen LogP) is 4.86. The van der Waals surface area contributed by atoms with E-state index in [0.29, 0.717) is 28.6 Å². The first kappa shape index (κ1) is 19.2. The van der Waals surface area contributed by atoms with Crippen molar-refractivity contribution < 1.29 is 9.59 Å². The molecule has 0 spiro atoms. The molecule has 5 heteroatoms. The molecule has 2 N–H and O–H groups in total. The number of amides is 2. The number of nitrogens with one attached hydrogen (secondary N) is 2. The third-order valence-electron chi connectivity index (χ3n) is 4.28. The van der Waals surface area contributed by atoms with Gasteiger partial charge in [-0.3, -0.25) is 9.59 Å². The molecule has 2 amide bonds. The van der Waals surface area contributed by atoms with E-state index >= 15 is 0 Å². The van der Waals surface area contributed by atoms with Gasteiger partial charge in [0.1, 0.15) is 0 Å². The highest BCUT2D eigenvalue weighted by Crippen LogP contribution is 2.39. The quantitative estimate of drug-likeness (QED) is 0.729. The number of thioether (sulfide) groups is 1. The van der Waals surface area contributed by atoms with Gasteiger partial charge in [0.05, 0.1) is 10.6 Å². The average Bonchev–Trinajstić information content (AvgIpc) is 2.61. The number of carbonyl (C=O) groups is 2. The Hall–Kier alpha value is -2.53. The topological polar surface area (TPSA) is 58.2 Å². The van der Waals surface area contributed by atoms with Crippen molar-refractivity contribution in [3.05, 3.63) is 64.1 Å². The maximum Gasteiger partial charge on any atom is 0.262 e. The van der Waals surface area contributed by atoms with Crippen LogP contribution < -0.4 is 10.6 Å². The van der Waals surface area contributed by atoms with E-state index in [1.807, 2.05) is 43.3 Å². The highest BCUT2D eigenvalue weighted by atomic mass is 32.2. The number of hydrogen-bond acceptors (Lipinski definition) is 3. The summed E-state index contributed by atoms with van der Waals surface area (Å²) >= 11 is 1.43. The average molecular weight is 381 g/mol. The van der Waals surface area contributed by atoms with Crippen molar-refractivity contribution in [2.45, 2.75) is 32.1 Å². The van der Waals surface area contributed by atoms with Gasteiger partial charge >= 0.3 is 0 Å². The van der Waals surface area contributed by atoms with Gasteiger partial charge in [-0.15, -0.1) is 0 Å². The minimum absolute atomic E-state index is 0.112. The van der Waals surface area contributed by atoms with Crippen molar-refractivity contribution in [2.24, 2.45) is 5.92 Å². The Balaban J connectivity index is 1.75. The van der Waals surface area contributed by atoms with Crippen molar-refractivity contribution in [1.29, 1.82) is 0 Å². The standard InChI is InChI=1S/C22H24N2O2S/c1-14(2)9-10-23-21(25)17-7-8-19-18(13-17)24-22(26)20(27-19)12-16-6-4-5-15(3)11-16/h4-8,11-14H,9-10H2,1-3H3,(H,23,25)(H,24,26)/b20-12+. The third kappa shape index (κ3) is 5.01. The van der Waals surface area contributed by atoms with Crippen LogP contribution in [0.25, 0.3) is 6.08 Å². The first-order chi connectivity index (χ1) is 12.9. The molecule has 0 fully saturated rings. The fourth-order valence-electron chi connectivity index (χ4n) is 2.79. The molecular formula is C22H24N2O2S. The Morgan fingerprint density at radius 2 is 2.04 bits per heavy atom. The SMILES string of the molecule is Cc1cccc(/C=C2/Sc3ccc(C(=O)NCCC(C)C)cc3NC2=O)c1. The summed E-state index contributed by atoms with van der Waals surface area (Å²) in [5.41, 5.74) is 3.39. The van der Waals surface area contributed by atoms with Crippen molar-refractivity contribution in [1.82, 2.24) is 5.32 Å². The van der Waals surface area contributed by atoms with Gasteiger partial charge in [-0.05, 0) is 49.1 Å². The van der Waals surface area contributed by atoms with Crippen LogP contribution in [0.1, 0.15) is 41.8 Å². The van der Waals surface area contributed by atoms with Gasteiger partial charge in [0, 0.05) is 17.0 Å². The molecule has 2 aromatic carbocycles. The van der Waals surface area contributed by atoms with Crippen LogP contribution in [0.5, 0.6) is 0 Å². The first-order valence-electron chi connectivity index (χ1n) is 9.12. The predicted molar refractivity (Wildman–Crippen MR) is 112 cm³/mol. The van der Waals surface area contributed by atoms with Gasteiger partial charge < -0.3 is 10.6 Å². The summed E-state index contributed by atoms with van der Waals surface area (Å²) in [5.74, 6) is 0.285. The number of anilines is 1. The number of hydrogen-bond donors (Lipinski definition) is 2. The Morgan fingerprint density at radius 3 is 2.78 bits per heavy atom. The zero-order chi connectivity index (χ0) is 19.4. The normalized spacial score (nSPS) is 14.8. The van der Waals surface area contributed by atoms with Gasteiger partial charge in [0.2, 0.25) is 0 Å². The first-order valence-corrected chi connectivity index (χ1v) is 9.94. The second-order valence-corrected chi connectivity index (χ2v) is 8.21. The van der Waals surface area contributed by atoms with Gasteiger partial charge in [-0.25, -0.2) is 0 Å². The molecule has 0 atom stereocenters. The monoisotopic (exact) mass is 380 g/mol. The molecule has 4 nitrogen and oxygen atoms in total. The molecule has 1 aliphatic heterocycles. The largest absolute Gasteiger partial charge is 0.352 e. The fourth-order valence-corrected chi connectivity index (χ4v) is 3.72. The molecule has 27 heavy (non-hydrogen) atoms. The Bertz CT molecular complexity index is 903. The maximum absolute atomic E-state index is 12.5. The lowest BCUT2D eigenvalue weighted by molar-refractivity contribution is -0.112. The molecule has 0 radical (unpaired) electrons. The van der Waals surface area contributed by atoms with Gasteiger partial charge in [0.25, 0.3) is 11.8 Å². The molecular weight excluding hydrogens is 356 g/mol. The van der Waals surface area contributed by atoms with Crippen molar-refractivity contribution in [3.63, 3.8) is 0 Å². The highest BCUT2D eigenvalue weighted by Gasteiger charge is 2.22. The second kappa shape index (κ2) is 8.44. The fraction of sp³-hybridized carbons (Fsp3) is 0.273. The van der Waals surface area contributed by atoms with Crippen LogP contribution >= 0.6 is 11.8 Å². The lowest BCUT2D eigenvalue weighted by Gasteiger charge is -2.19. The van der Waals surface area contributed by atoms with E-state index in [4.69, 9.17) is 0 Å². The van der Waals surface area contributed by atoms with Gasteiger partial charge in [0.15, 0.2) is 0 Å².